The first-order valence-corrected chi connectivity index (χ1v) is 6.78. The molecule has 100 valence electrons. The highest BCUT2D eigenvalue weighted by Crippen LogP contribution is 2.32. The van der Waals surface area contributed by atoms with E-state index in [4.69, 9.17) is 9.84 Å². The van der Waals surface area contributed by atoms with Crippen LogP contribution in [0.3, 0.4) is 0 Å². The first-order chi connectivity index (χ1) is 8.74. The van der Waals surface area contributed by atoms with Gasteiger partial charge in [-0.1, -0.05) is 13.0 Å². The topological polar surface area (TPSA) is 41.5 Å². The maximum absolute atomic E-state index is 8.99. The predicted octanol–water partition coefficient (Wildman–Crippen LogP) is 2.29. The first-order valence-electron chi connectivity index (χ1n) is 6.78. The molecule has 0 bridgehead atoms. The number of hydrogen-bond donors (Lipinski definition) is 2. The molecule has 0 aliphatic heterocycles. The molecule has 18 heavy (non-hydrogen) atoms. The number of aliphatic hydroxyl groups excluding tert-OH is 1. The van der Waals surface area contributed by atoms with Crippen LogP contribution >= 0.6 is 0 Å². The number of aliphatic hydroxyl groups is 1. The van der Waals surface area contributed by atoms with E-state index in [2.05, 4.69) is 17.4 Å². The van der Waals surface area contributed by atoms with Crippen LogP contribution in [0.4, 0.5) is 0 Å². The zero-order chi connectivity index (χ0) is 13.0. The Morgan fingerprint density at radius 2 is 2.33 bits per heavy atom. The lowest BCUT2D eigenvalue weighted by Gasteiger charge is -2.25. The molecule has 3 heteroatoms. The summed E-state index contributed by atoms with van der Waals surface area (Å²) < 4.78 is 5.73. The fourth-order valence-corrected chi connectivity index (χ4v) is 2.46. The highest BCUT2D eigenvalue weighted by molar-refractivity contribution is 5.39. The molecule has 2 rings (SSSR count). The minimum atomic E-state index is 0.171. The Hall–Kier alpha value is -1.06. The van der Waals surface area contributed by atoms with Crippen molar-refractivity contribution in [2.24, 2.45) is 5.92 Å². The number of fused-ring (bicyclic) bond motifs is 1. The van der Waals surface area contributed by atoms with E-state index in [1.54, 1.807) is 0 Å². The van der Waals surface area contributed by atoms with E-state index in [0.717, 1.165) is 5.75 Å². The van der Waals surface area contributed by atoms with Crippen LogP contribution in [-0.2, 0) is 6.42 Å². The number of hydrogen-bond acceptors (Lipinski definition) is 3. The highest BCUT2D eigenvalue weighted by atomic mass is 16.5. The Balaban J connectivity index is 2.10. The average Bonchev–Trinajstić information content (AvgIpc) is 2.43. The van der Waals surface area contributed by atoms with Crippen molar-refractivity contribution in [3.05, 3.63) is 29.3 Å². The van der Waals surface area contributed by atoms with Crippen molar-refractivity contribution in [1.29, 1.82) is 0 Å². The van der Waals surface area contributed by atoms with Gasteiger partial charge in [0.05, 0.1) is 6.61 Å². The summed E-state index contributed by atoms with van der Waals surface area (Å²) in [5, 5.41) is 12.4. The molecule has 0 aromatic heterocycles. The van der Waals surface area contributed by atoms with E-state index in [-0.39, 0.29) is 12.5 Å². The third-order valence-electron chi connectivity index (χ3n) is 3.63. The van der Waals surface area contributed by atoms with Crippen LogP contribution in [0.5, 0.6) is 5.75 Å². The van der Waals surface area contributed by atoms with E-state index >= 15 is 0 Å². The minimum absolute atomic E-state index is 0.171. The number of rotatable bonds is 5. The Bertz CT molecular complexity index is 392. The van der Waals surface area contributed by atoms with Crippen LogP contribution in [0.25, 0.3) is 0 Å². The van der Waals surface area contributed by atoms with Crippen molar-refractivity contribution in [2.75, 3.05) is 20.3 Å². The summed E-state index contributed by atoms with van der Waals surface area (Å²) in [6.07, 6.45) is 3.61. The molecule has 0 spiro atoms. The molecule has 1 aliphatic rings. The Morgan fingerprint density at radius 1 is 1.50 bits per heavy atom. The Morgan fingerprint density at radius 3 is 3.06 bits per heavy atom. The van der Waals surface area contributed by atoms with Gasteiger partial charge < -0.3 is 15.2 Å². The lowest BCUT2D eigenvalue weighted by Crippen LogP contribution is -2.21. The molecule has 0 heterocycles. The van der Waals surface area contributed by atoms with Gasteiger partial charge in [0, 0.05) is 18.6 Å². The molecule has 0 radical (unpaired) electrons. The summed E-state index contributed by atoms with van der Waals surface area (Å²) in [7, 11) is 2.02. The van der Waals surface area contributed by atoms with Crippen molar-refractivity contribution in [1.82, 2.24) is 5.32 Å². The number of nitrogens with one attached hydrogen (secondary N) is 1. The summed E-state index contributed by atoms with van der Waals surface area (Å²) in [4.78, 5) is 0. The van der Waals surface area contributed by atoms with Gasteiger partial charge in [0.1, 0.15) is 5.75 Å². The monoisotopic (exact) mass is 249 g/mol. The van der Waals surface area contributed by atoms with Gasteiger partial charge in [0.15, 0.2) is 0 Å². The fourth-order valence-electron chi connectivity index (χ4n) is 2.46. The van der Waals surface area contributed by atoms with E-state index in [9.17, 15) is 0 Å². The van der Waals surface area contributed by atoms with Crippen LogP contribution < -0.4 is 10.1 Å². The summed E-state index contributed by atoms with van der Waals surface area (Å²) in [5.41, 5.74) is 2.81. The molecular formula is C15H23NO2. The SMILES string of the molecule is CNC1CCCc2ccc(OCC(C)CO)cc21. The molecule has 1 aliphatic carbocycles. The van der Waals surface area contributed by atoms with Gasteiger partial charge in [0.25, 0.3) is 0 Å². The smallest absolute Gasteiger partial charge is 0.119 e. The summed E-state index contributed by atoms with van der Waals surface area (Å²) >= 11 is 0. The standard InChI is InChI=1S/C15H23NO2/c1-11(9-17)10-18-13-7-6-12-4-3-5-15(16-2)14(12)8-13/h6-8,11,15-17H,3-5,9-10H2,1-2H3. The van der Waals surface area contributed by atoms with Gasteiger partial charge in [-0.05, 0) is 49.6 Å². The summed E-state index contributed by atoms with van der Waals surface area (Å²) in [5.74, 6) is 1.09. The highest BCUT2D eigenvalue weighted by Gasteiger charge is 2.19. The van der Waals surface area contributed by atoms with Gasteiger partial charge in [-0.2, -0.15) is 0 Å². The summed E-state index contributed by atoms with van der Waals surface area (Å²) in [6.45, 7) is 2.72. The van der Waals surface area contributed by atoms with Crippen molar-refractivity contribution >= 4 is 0 Å². The maximum Gasteiger partial charge on any atom is 0.119 e. The second-order valence-electron chi connectivity index (χ2n) is 5.19. The average molecular weight is 249 g/mol. The Kier molecular flexibility index (Phi) is 4.61. The molecule has 0 saturated carbocycles. The van der Waals surface area contributed by atoms with E-state index in [1.165, 1.54) is 30.4 Å². The van der Waals surface area contributed by atoms with Crippen LogP contribution in [0, 0.1) is 5.92 Å². The van der Waals surface area contributed by atoms with Crippen molar-refractivity contribution in [3.8, 4) is 5.75 Å². The second-order valence-corrected chi connectivity index (χ2v) is 5.19. The lowest BCUT2D eigenvalue weighted by atomic mass is 9.87. The van der Waals surface area contributed by atoms with Gasteiger partial charge in [-0.3, -0.25) is 0 Å². The molecule has 0 fully saturated rings. The minimum Gasteiger partial charge on any atom is -0.493 e. The van der Waals surface area contributed by atoms with Crippen LogP contribution in [-0.4, -0.2) is 25.4 Å². The molecule has 2 atom stereocenters. The third kappa shape index (κ3) is 3.03. The van der Waals surface area contributed by atoms with Gasteiger partial charge >= 0.3 is 0 Å². The van der Waals surface area contributed by atoms with Crippen molar-refractivity contribution in [3.63, 3.8) is 0 Å². The predicted molar refractivity (Wildman–Crippen MR) is 72.9 cm³/mol. The van der Waals surface area contributed by atoms with Crippen LogP contribution in [0.1, 0.15) is 36.9 Å². The zero-order valence-electron chi connectivity index (χ0n) is 11.3. The lowest BCUT2D eigenvalue weighted by molar-refractivity contribution is 0.174. The summed E-state index contributed by atoms with van der Waals surface area (Å²) in [6, 6.07) is 6.82. The van der Waals surface area contributed by atoms with Gasteiger partial charge in [-0.15, -0.1) is 0 Å². The van der Waals surface area contributed by atoms with E-state index in [0.29, 0.717) is 12.6 Å². The number of ether oxygens (including phenoxy) is 1. The van der Waals surface area contributed by atoms with Crippen LogP contribution in [0.2, 0.25) is 0 Å². The number of benzene rings is 1. The molecule has 1 aromatic carbocycles. The van der Waals surface area contributed by atoms with Gasteiger partial charge in [0.2, 0.25) is 0 Å². The zero-order valence-corrected chi connectivity index (χ0v) is 11.3. The van der Waals surface area contributed by atoms with Crippen molar-refractivity contribution < 1.29 is 9.84 Å². The first kappa shape index (κ1) is 13.4. The van der Waals surface area contributed by atoms with E-state index in [1.807, 2.05) is 20.0 Å². The second kappa shape index (κ2) is 6.21. The third-order valence-corrected chi connectivity index (χ3v) is 3.63. The van der Waals surface area contributed by atoms with Crippen molar-refractivity contribution in [2.45, 2.75) is 32.2 Å². The molecule has 0 amide bonds. The fraction of sp³-hybridized carbons (Fsp3) is 0.600. The molecular weight excluding hydrogens is 226 g/mol. The molecule has 1 aromatic rings. The van der Waals surface area contributed by atoms with Crippen LogP contribution in [0.15, 0.2) is 18.2 Å². The normalized spacial score (nSPS) is 20.3. The largest absolute Gasteiger partial charge is 0.493 e. The molecule has 0 saturated heterocycles. The Labute approximate surface area is 109 Å². The molecule has 3 nitrogen and oxygen atoms in total. The maximum atomic E-state index is 8.99. The van der Waals surface area contributed by atoms with Gasteiger partial charge in [-0.25, -0.2) is 0 Å². The number of aryl methyl sites for hydroxylation is 1. The molecule has 2 unspecified atom stereocenters. The molecule has 2 N–H and O–H groups in total. The quantitative estimate of drug-likeness (QED) is 0.841. The van der Waals surface area contributed by atoms with E-state index < -0.39 is 0 Å².